The van der Waals surface area contributed by atoms with E-state index in [0.717, 1.165) is 11.3 Å². The van der Waals surface area contributed by atoms with Gasteiger partial charge in [0.25, 0.3) is 0 Å². The average Bonchev–Trinajstić information content (AvgIpc) is 3.09. The third-order valence-corrected chi connectivity index (χ3v) is 6.08. The van der Waals surface area contributed by atoms with Crippen LogP contribution in [0.5, 0.6) is 11.5 Å². The van der Waals surface area contributed by atoms with Gasteiger partial charge in [0.05, 0.1) is 18.2 Å². The number of hydrogen-bond donors (Lipinski definition) is 4. The lowest BCUT2D eigenvalue weighted by molar-refractivity contribution is 0.193. The molecule has 1 saturated heterocycles. The van der Waals surface area contributed by atoms with Gasteiger partial charge in [-0.05, 0) is 54.9 Å². The zero-order valence-corrected chi connectivity index (χ0v) is 17.7. The second kappa shape index (κ2) is 9.08. The molecule has 4 N–H and O–H groups in total. The topological polar surface area (TPSA) is 76.0 Å². The molecule has 4 atom stereocenters. The molecule has 1 heterocycles. The monoisotopic (exact) mass is 440 g/mol. The maximum Gasteiger partial charge on any atom is 0.174 e. The van der Waals surface area contributed by atoms with Gasteiger partial charge < -0.3 is 25.5 Å². The molecule has 31 heavy (non-hydrogen) atoms. The molecule has 0 amide bonds. The highest BCUT2D eigenvalue weighted by atomic mass is 32.1. The van der Waals surface area contributed by atoms with E-state index in [-0.39, 0.29) is 30.0 Å². The highest BCUT2D eigenvalue weighted by Crippen LogP contribution is 2.40. The Morgan fingerprint density at radius 2 is 1.94 bits per heavy atom. The third kappa shape index (κ3) is 4.57. The Labute approximate surface area is 186 Å². The number of aliphatic hydroxyl groups excluding tert-OH is 1. The van der Waals surface area contributed by atoms with Gasteiger partial charge in [-0.2, -0.15) is 0 Å². The fourth-order valence-electron chi connectivity index (χ4n) is 4.21. The van der Waals surface area contributed by atoms with Crippen molar-refractivity contribution < 1.29 is 19.7 Å². The van der Waals surface area contributed by atoms with Gasteiger partial charge in [-0.15, -0.1) is 0 Å². The van der Waals surface area contributed by atoms with Crippen LogP contribution in [-0.2, 0) is 0 Å². The van der Waals surface area contributed by atoms with Gasteiger partial charge in [0, 0.05) is 23.7 Å². The largest absolute Gasteiger partial charge is 0.508 e. The van der Waals surface area contributed by atoms with Crippen molar-refractivity contribution in [1.82, 2.24) is 5.32 Å². The highest BCUT2D eigenvalue weighted by molar-refractivity contribution is 7.80. The molecule has 0 bridgehead atoms. The number of nitrogens with one attached hydrogen (secondary N) is 1. The number of anilines is 1. The molecule has 0 spiro atoms. The van der Waals surface area contributed by atoms with Crippen molar-refractivity contribution in [3.05, 3.63) is 77.9 Å². The van der Waals surface area contributed by atoms with E-state index in [1.54, 1.807) is 18.2 Å². The van der Waals surface area contributed by atoms with Crippen molar-refractivity contribution in [3.8, 4) is 11.5 Å². The molecule has 5 nitrogen and oxygen atoms in total. The normalized spacial score (nSPS) is 24.1. The number of aliphatic hydroxyl groups is 1. The van der Waals surface area contributed by atoms with Crippen LogP contribution in [0.25, 0.3) is 0 Å². The molecule has 7 heteroatoms. The van der Waals surface area contributed by atoms with Gasteiger partial charge in [0.1, 0.15) is 17.7 Å². The standard InChI is InChI=1S/C24H25FN2O3S/c25-16-8-6-15(7-9-16)21(29)13-12-20-23(19-11-10-18(28)14-22(19)30)27(24(31)26-20)17-4-2-1-3-5-17/h1-8,10-11,14,16,20-21,23,28-30H,9,12-13H2,(H,26,31). The number of para-hydroxylation sites is 1. The Kier molecular flexibility index (Phi) is 6.25. The van der Waals surface area contributed by atoms with Crippen LogP contribution in [0, 0.1) is 0 Å². The van der Waals surface area contributed by atoms with E-state index in [4.69, 9.17) is 12.2 Å². The third-order valence-electron chi connectivity index (χ3n) is 5.77. The molecule has 0 radical (unpaired) electrons. The molecule has 4 unspecified atom stereocenters. The zero-order valence-electron chi connectivity index (χ0n) is 16.9. The van der Waals surface area contributed by atoms with Gasteiger partial charge in [-0.25, -0.2) is 4.39 Å². The minimum atomic E-state index is -0.994. The predicted molar refractivity (Wildman–Crippen MR) is 123 cm³/mol. The summed E-state index contributed by atoms with van der Waals surface area (Å²) >= 11 is 5.62. The summed E-state index contributed by atoms with van der Waals surface area (Å²) in [5.74, 6) is -0.0369. The van der Waals surface area contributed by atoms with Crippen LogP contribution in [0.15, 0.2) is 72.3 Å². The fourth-order valence-corrected chi connectivity index (χ4v) is 4.58. The molecular weight excluding hydrogens is 415 g/mol. The summed E-state index contributed by atoms with van der Waals surface area (Å²) in [6.07, 6.45) is 4.44. The first-order valence-electron chi connectivity index (χ1n) is 10.3. The Hall–Kier alpha value is -2.90. The van der Waals surface area contributed by atoms with E-state index in [1.807, 2.05) is 35.2 Å². The molecule has 1 aliphatic carbocycles. The number of nitrogens with zero attached hydrogens (tertiary/aromatic N) is 1. The Morgan fingerprint density at radius 3 is 2.61 bits per heavy atom. The zero-order chi connectivity index (χ0) is 22.0. The summed E-state index contributed by atoms with van der Waals surface area (Å²) in [7, 11) is 0. The molecule has 0 aromatic heterocycles. The Balaban J connectivity index is 1.60. The number of alkyl halides is 1. The van der Waals surface area contributed by atoms with Crippen molar-refractivity contribution in [2.75, 3.05) is 4.90 Å². The van der Waals surface area contributed by atoms with E-state index in [1.165, 1.54) is 18.2 Å². The second-order valence-corrected chi connectivity index (χ2v) is 8.24. The first-order chi connectivity index (χ1) is 14.9. The van der Waals surface area contributed by atoms with Gasteiger partial charge in [0.2, 0.25) is 0 Å². The van der Waals surface area contributed by atoms with Crippen LogP contribution >= 0.6 is 12.2 Å². The summed E-state index contributed by atoms with van der Waals surface area (Å²) in [6, 6.07) is 13.7. The van der Waals surface area contributed by atoms with Crippen LogP contribution in [0.2, 0.25) is 0 Å². The minimum Gasteiger partial charge on any atom is -0.508 e. The van der Waals surface area contributed by atoms with E-state index in [2.05, 4.69) is 5.32 Å². The molecule has 2 aromatic carbocycles. The minimum absolute atomic E-state index is 0.0183. The fraction of sp³-hybridized carbons (Fsp3) is 0.292. The smallest absolute Gasteiger partial charge is 0.174 e. The van der Waals surface area contributed by atoms with Gasteiger partial charge >= 0.3 is 0 Å². The Bertz CT molecular complexity index is 1010. The first-order valence-corrected chi connectivity index (χ1v) is 10.7. The summed E-state index contributed by atoms with van der Waals surface area (Å²) in [6.45, 7) is 0. The lowest BCUT2D eigenvalue weighted by Crippen LogP contribution is -2.30. The van der Waals surface area contributed by atoms with Gasteiger partial charge in [0.15, 0.2) is 5.11 Å². The summed E-state index contributed by atoms with van der Waals surface area (Å²) < 4.78 is 13.3. The number of thiocarbonyl (C=S) groups is 1. The van der Waals surface area contributed by atoms with Crippen molar-refractivity contribution in [2.24, 2.45) is 0 Å². The first kappa shape index (κ1) is 21.3. The number of halogens is 1. The van der Waals surface area contributed by atoms with Gasteiger partial charge in [-0.3, -0.25) is 0 Å². The molecule has 2 aliphatic rings. The lowest BCUT2D eigenvalue weighted by atomic mass is 9.91. The number of hydrogen-bond acceptors (Lipinski definition) is 4. The quantitative estimate of drug-likeness (QED) is 0.503. The molecule has 0 saturated carbocycles. The van der Waals surface area contributed by atoms with E-state index >= 15 is 0 Å². The van der Waals surface area contributed by atoms with E-state index in [0.29, 0.717) is 23.5 Å². The van der Waals surface area contributed by atoms with Crippen LogP contribution in [0.1, 0.15) is 30.9 Å². The summed E-state index contributed by atoms with van der Waals surface area (Å²) in [5, 5.41) is 34.8. The van der Waals surface area contributed by atoms with E-state index in [9.17, 15) is 19.7 Å². The summed E-state index contributed by atoms with van der Waals surface area (Å²) in [5.41, 5.74) is 2.23. The molecule has 4 rings (SSSR count). The number of aromatic hydroxyl groups is 2. The molecule has 1 fully saturated rings. The maximum atomic E-state index is 13.3. The van der Waals surface area contributed by atoms with Crippen LogP contribution < -0.4 is 10.2 Å². The molecule has 1 aliphatic heterocycles. The van der Waals surface area contributed by atoms with Crippen molar-refractivity contribution in [2.45, 2.75) is 43.6 Å². The van der Waals surface area contributed by atoms with Gasteiger partial charge in [-0.1, -0.05) is 36.4 Å². The number of phenolic OH excluding ortho intramolecular Hbond substituents is 2. The predicted octanol–water partition coefficient (Wildman–Crippen LogP) is 4.27. The van der Waals surface area contributed by atoms with Crippen molar-refractivity contribution in [1.29, 1.82) is 0 Å². The van der Waals surface area contributed by atoms with E-state index < -0.39 is 12.3 Å². The number of phenols is 2. The molecular formula is C24H25FN2O3S. The number of benzene rings is 2. The maximum absolute atomic E-state index is 13.3. The van der Waals surface area contributed by atoms with Crippen LogP contribution in [0.3, 0.4) is 0 Å². The number of allylic oxidation sites excluding steroid dienone is 2. The summed E-state index contributed by atoms with van der Waals surface area (Å²) in [4.78, 5) is 1.95. The average molecular weight is 441 g/mol. The number of rotatable bonds is 6. The highest BCUT2D eigenvalue weighted by Gasteiger charge is 2.40. The lowest BCUT2D eigenvalue weighted by Gasteiger charge is -2.29. The van der Waals surface area contributed by atoms with Crippen LogP contribution in [-0.4, -0.2) is 38.7 Å². The second-order valence-electron chi connectivity index (χ2n) is 7.86. The van der Waals surface area contributed by atoms with Crippen LogP contribution in [0.4, 0.5) is 10.1 Å². The van der Waals surface area contributed by atoms with Crippen molar-refractivity contribution in [3.63, 3.8) is 0 Å². The SMILES string of the molecule is Oc1ccc(C2C(CCC(O)C3=CCC(F)C=C3)NC(=S)N2c2ccccc2)c(O)c1. The molecule has 2 aromatic rings. The molecule has 162 valence electrons. The van der Waals surface area contributed by atoms with Crippen molar-refractivity contribution >= 4 is 23.0 Å². The Morgan fingerprint density at radius 1 is 1.16 bits per heavy atom.